The first-order chi connectivity index (χ1) is 7.19. The maximum absolute atomic E-state index is 5.18. The van der Waals surface area contributed by atoms with Crippen LogP contribution in [0.15, 0.2) is 41.4 Å². The Balaban J connectivity index is 4.81. The molecule has 0 bridgehead atoms. The molecule has 84 valence electrons. The zero-order valence-electron chi connectivity index (χ0n) is 10.0. The van der Waals surface area contributed by atoms with Crippen molar-refractivity contribution >= 4 is 5.71 Å². The molecular weight excluding hydrogens is 188 g/mol. The fourth-order valence-electron chi connectivity index (χ4n) is 1.11. The number of rotatable bonds is 6. The van der Waals surface area contributed by atoms with Crippen LogP contribution < -0.4 is 5.43 Å². The van der Waals surface area contributed by atoms with E-state index in [1.54, 1.807) is 13.3 Å². The number of allylic oxidation sites excluding steroid dienone is 3. The van der Waals surface area contributed by atoms with Crippen LogP contribution in [-0.4, -0.2) is 12.8 Å². The second-order valence-electron chi connectivity index (χ2n) is 2.95. The zero-order valence-corrected chi connectivity index (χ0v) is 10.0. The van der Waals surface area contributed by atoms with Gasteiger partial charge in [0.2, 0.25) is 0 Å². The second kappa shape index (κ2) is 7.85. The van der Waals surface area contributed by atoms with E-state index in [1.807, 2.05) is 26.0 Å². The fraction of sp³-hybridized carbons (Fsp3) is 0.417. The van der Waals surface area contributed by atoms with Gasteiger partial charge in [0, 0.05) is 6.20 Å². The Morgan fingerprint density at radius 1 is 1.53 bits per heavy atom. The van der Waals surface area contributed by atoms with Crippen LogP contribution in [0.4, 0.5) is 0 Å². The normalized spacial score (nSPS) is 13.7. The average Bonchev–Trinajstić information content (AvgIpc) is 2.27. The zero-order chi connectivity index (χ0) is 11.7. The van der Waals surface area contributed by atoms with E-state index in [4.69, 9.17) is 4.74 Å². The van der Waals surface area contributed by atoms with Gasteiger partial charge in [-0.25, -0.2) is 0 Å². The first kappa shape index (κ1) is 13.5. The molecule has 0 amide bonds. The fourth-order valence-corrected chi connectivity index (χ4v) is 1.11. The molecule has 0 aromatic rings. The van der Waals surface area contributed by atoms with Crippen molar-refractivity contribution in [3.05, 3.63) is 36.3 Å². The molecule has 0 rings (SSSR count). The molecule has 1 N–H and O–H groups in total. The summed E-state index contributed by atoms with van der Waals surface area (Å²) in [6.45, 7) is 9.52. The molecule has 0 aliphatic carbocycles. The predicted molar refractivity (Wildman–Crippen MR) is 65.6 cm³/mol. The van der Waals surface area contributed by atoms with Crippen molar-refractivity contribution in [3.63, 3.8) is 0 Å². The summed E-state index contributed by atoms with van der Waals surface area (Å²) in [7, 11) is 1.66. The van der Waals surface area contributed by atoms with E-state index < -0.39 is 0 Å². The topological polar surface area (TPSA) is 33.6 Å². The third-order valence-electron chi connectivity index (χ3n) is 2.01. The summed E-state index contributed by atoms with van der Waals surface area (Å²) in [6, 6.07) is 0. The number of methoxy groups -OCH3 is 1. The molecule has 0 atom stereocenters. The van der Waals surface area contributed by atoms with E-state index in [-0.39, 0.29) is 0 Å². The van der Waals surface area contributed by atoms with Gasteiger partial charge in [-0.2, -0.15) is 5.10 Å². The van der Waals surface area contributed by atoms with Gasteiger partial charge in [-0.05, 0) is 38.0 Å². The lowest BCUT2D eigenvalue weighted by molar-refractivity contribution is 0.306. The van der Waals surface area contributed by atoms with E-state index in [0.29, 0.717) is 0 Å². The number of nitrogens with zero attached hydrogens (tertiary/aromatic N) is 1. The Morgan fingerprint density at radius 2 is 2.20 bits per heavy atom. The molecule has 15 heavy (non-hydrogen) atoms. The number of hydrazone groups is 1. The highest BCUT2D eigenvalue weighted by atomic mass is 16.5. The molecular formula is C12H20N2O. The van der Waals surface area contributed by atoms with E-state index >= 15 is 0 Å². The van der Waals surface area contributed by atoms with Crippen LogP contribution in [0.2, 0.25) is 0 Å². The first-order valence-corrected chi connectivity index (χ1v) is 5.01. The van der Waals surface area contributed by atoms with Gasteiger partial charge in [-0.1, -0.05) is 13.5 Å². The Bertz CT molecular complexity index is 288. The number of nitrogens with one attached hydrogen (secondary N) is 1. The highest BCUT2D eigenvalue weighted by molar-refractivity contribution is 5.98. The Morgan fingerprint density at radius 3 is 2.60 bits per heavy atom. The first-order valence-electron chi connectivity index (χ1n) is 5.01. The molecule has 0 aromatic heterocycles. The highest BCUT2D eigenvalue weighted by Crippen LogP contribution is 2.09. The lowest BCUT2D eigenvalue weighted by atomic mass is 10.1. The second-order valence-corrected chi connectivity index (χ2v) is 2.95. The largest absolute Gasteiger partial charge is 0.497 e. The third-order valence-corrected chi connectivity index (χ3v) is 2.01. The van der Waals surface area contributed by atoms with Crippen LogP contribution in [0.1, 0.15) is 27.2 Å². The van der Waals surface area contributed by atoms with Crippen LogP contribution in [-0.2, 0) is 4.74 Å². The molecule has 0 unspecified atom stereocenters. The van der Waals surface area contributed by atoms with Gasteiger partial charge in [0.15, 0.2) is 0 Å². The maximum atomic E-state index is 5.18. The molecule has 3 nitrogen and oxygen atoms in total. The van der Waals surface area contributed by atoms with Crippen molar-refractivity contribution in [1.29, 1.82) is 0 Å². The van der Waals surface area contributed by atoms with Crippen LogP contribution in [0.25, 0.3) is 0 Å². The van der Waals surface area contributed by atoms with Gasteiger partial charge in [0.05, 0.1) is 12.8 Å². The quantitative estimate of drug-likeness (QED) is 0.315. The maximum Gasteiger partial charge on any atom is 0.114 e. The summed E-state index contributed by atoms with van der Waals surface area (Å²) in [5.41, 5.74) is 4.80. The molecule has 0 radical (unpaired) electrons. The van der Waals surface area contributed by atoms with Crippen LogP contribution in [0.5, 0.6) is 0 Å². The summed E-state index contributed by atoms with van der Waals surface area (Å²) in [5.74, 6) is 0.847. The van der Waals surface area contributed by atoms with Crippen molar-refractivity contribution in [2.45, 2.75) is 27.2 Å². The van der Waals surface area contributed by atoms with Crippen molar-refractivity contribution in [2.24, 2.45) is 5.10 Å². The summed E-state index contributed by atoms with van der Waals surface area (Å²) >= 11 is 0. The SMILES string of the molecule is C=CN/N=C(C)/C(=C/C(=C\C)OC)CC. The lowest BCUT2D eigenvalue weighted by Gasteiger charge is -2.06. The molecule has 0 heterocycles. The number of hydrogen-bond acceptors (Lipinski definition) is 3. The van der Waals surface area contributed by atoms with Crippen molar-refractivity contribution in [2.75, 3.05) is 7.11 Å². The molecule has 0 saturated carbocycles. The minimum absolute atomic E-state index is 0.847. The summed E-state index contributed by atoms with van der Waals surface area (Å²) in [6.07, 6.45) is 6.37. The smallest absolute Gasteiger partial charge is 0.114 e. The summed E-state index contributed by atoms with van der Waals surface area (Å²) in [4.78, 5) is 0. The van der Waals surface area contributed by atoms with E-state index in [2.05, 4.69) is 24.0 Å². The van der Waals surface area contributed by atoms with Crippen LogP contribution >= 0.6 is 0 Å². The third kappa shape index (κ3) is 5.05. The average molecular weight is 208 g/mol. The van der Waals surface area contributed by atoms with E-state index in [0.717, 1.165) is 23.5 Å². The highest BCUT2D eigenvalue weighted by Gasteiger charge is 2.00. The van der Waals surface area contributed by atoms with Crippen molar-refractivity contribution in [3.8, 4) is 0 Å². The van der Waals surface area contributed by atoms with Gasteiger partial charge in [0.25, 0.3) is 0 Å². The minimum Gasteiger partial charge on any atom is -0.497 e. The molecule has 0 fully saturated rings. The Labute approximate surface area is 92.2 Å². The minimum atomic E-state index is 0.847. The molecule has 0 aromatic carbocycles. The lowest BCUT2D eigenvalue weighted by Crippen LogP contribution is -2.04. The monoisotopic (exact) mass is 208 g/mol. The predicted octanol–water partition coefficient (Wildman–Crippen LogP) is 2.98. The Hall–Kier alpha value is -1.51. The van der Waals surface area contributed by atoms with Gasteiger partial charge >= 0.3 is 0 Å². The van der Waals surface area contributed by atoms with Gasteiger partial charge in [-0.3, -0.25) is 5.43 Å². The van der Waals surface area contributed by atoms with E-state index in [9.17, 15) is 0 Å². The molecule has 0 saturated heterocycles. The standard InChI is InChI=1S/C12H20N2O/c1-6-11(9-12(7-2)15-5)10(4)14-13-8-3/h7-9,13H,3,6H2,1-2,4-5H3/b11-9+,12-7+,14-10+. The molecule has 3 heteroatoms. The van der Waals surface area contributed by atoms with E-state index in [1.165, 1.54) is 0 Å². The number of hydrogen-bond donors (Lipinski definition) is 1. The van der Waals surface area contributed by atoms with Crippen molar-refractivity contribution < 1.29 is 4.74 Å². The van der Waals surface area contributed by atoms with Gasteiger partial charge in [-0.15, -0.1) is 0 Å². The summed E-state index contributed by atoms with van der Waals surface area (Å²) < 4.78 is 5.18. The molecule has 0 aliphatic rings. The Kier molecular flexibility index (Phi) is 7.06. The summed E-state index contributed by atoms with van der Waals surface area (Å²) in [5, 5.41) is 4.13. The van der Waals surface area contributed by atoms with Crippen LogP contribution in [0.3, 0.4) is 0 Å². The van der Waals surface area contributed by atoms with Gasteiger partial charge in [0.1, 0.15) is 5.76 Å². The van der Waals surface area contributed by atoms with Gasteiger partial charge < -0.3 is 4.74 Å². The van der Waals surface area contributed by atoms with Crippen molar-refractivity contribution in [1.82, 2.24) is 5.43 Å². The molecule has 0 aliphatic heterocycles. The van der Waals surface area contributed by atoms with Crippen LogP contribution in [0, 0.1) is 0 Å². The molecule has 0 spiro atoms. The number of ether oxygens (including phenoxy) is 1.